The van der Waals surface area contributed by atoms with Crippen LogP contribution in [0.3, 0.4) is 0 Å². The Morgan fingerprint density at radius 1 is 1.11 bits per heavy atom. The van der Waals surface area contributed by atoms with Gasteiger partial charge in [0.2, 0.25) is 0 Å². The molecule has 1 aliphatic rings. The summed E-state index contributed by atoms with van der Waals surface area (Å²) in [5.74, 6) is 1.12. The predicted octanol–water partition coefficient (Wildman–Crippen LogP) is 2.77. The minimum Gasteiger partial charge on any atom is -0.470 e. The number of rotatable bonds is 4. The van der Waals surface area contributed by atoms with Crippen LogP contribution in [0, 0.1) is 0 Å². The van der Waals surface area contributed by atoms with Gasteiger partial charge in [0.1, 0.15) is 11.8 Å². The van der Waals surface area contributed by atoms with E-state index in [2.05, 4.69) is 15.0 Å². The number of pyridine rings is 1. The second kappa shape index (κ2) is 7.80. The first-order valence-corrected chi connectivity index (χ1v) is 9.41. The van der Waals surface area contributed by atoms with Crippen LogP contribution in [0.5, 0.6) is 5.88 Å². The van der Waals surface area contributed by atoms with Crippen molar-refractivity contribution in [2.45, 2.75) is 18.9 Å². The van der Waals surface area contributed by atoms with Gasteiger partial charge in [0, 0.05) is 44.6 Å². The van der Waals surface area contributed by atoms with Gasteiger partial charge in [-0.1, -0.05) is 24.3 Å². The minimum absolute atomic E-state index is 0.0583. The van der Waals surface area contributed by atoms with Crippen molar-refractivity contribution in [3.05, 3.63) is 54.6 Å². The number of piperidine rings is 1. The van der Waals surface area contributed by atoms with E-state index in [0.29, 0.717) is 30.5 Å². The molecule has 0 radical (unpaired) electrons. The molecule has 0 spiro atoms. The lowest BCUT2D eigenvalue weighted by atomic mass is 10.1. The Bertz CT molecular complexity index is 986. The highest BCUT2D eigenvalue weighted by molar-refractivity contribution is 6.05. The van der Waals surface area contributed by atoms with E-state index in [1.54, 1.807) is 18.6 Å². The van der Waals surface area contributed by atoms with Gasteiger partial charge < -0.3 is 14.5 Å². The number of benzene rings is 1. The molecule has 1 saturated heterocycles. The van der Waals surface area contributed by atoms with Crippen LogP contribution in [-0.2, 0) is 0 Å². The molecular weight excluding hydrogens is 354 g/mol. The fourth-order valence-corrected chi connectivity index (χ4v) is 3.52. The number of ether oxygens (including phenoxy) is 1. The number of likely N-dealkylation sites (tertiary alicyclic amines) is 1. The van der Waals surface area contributed by atoms with Crippen molar-refractivity contribution < 1.29 is 9.53 Å². The molecule has 7 heteroatoms. The molecule has 0 aliphatic carbocycles. The van der Waals surface area contributed by atoms with Crippen LogP contribution in [-0.4, -0.2) is 59.0 Å². The van der Waals surface area contributed by atoms with Gasteiger partial charge in [0.05, 0.1) is 6.54 Å². The number of anilines is 1. The van der Waals surface area contributed by atoms with Crippen molar-refractivity contribution in [3.63, 3.8) is 0 Å². The lowest BCUT2D eigenvalue weighted by Crippen LogP contribution is -2.44. The zero-order chi connectivity index (χ0) is 19.5. The van der Waals surface area contributed by atoms with Gasteiger partial charge in [-0.2, -0.15) is 0 Å². The summed E-state index contributed by atoms with van der Waals surface area (Å²) in [6, 6.07) is 9.75. The summed E-state index contributed by atoms with van der Waals surface area (Å²) in [4.78, 5) is 29.9. The SMILES string of the molecule is CN(C)c1nccnc1OC1CCCN(C(=O)c2nccc3ccccc23)C1. The molecule has 3 heterocycles. The Morgan fingerprint density at radius 3 is 2.79 bits per heavy atom. The molecule has 0 saturated carbocycles. The third-order valence-electron chi connectivity index (χ3n) is 4.89. The second-order valence-corrected chi connectivity index (χ2v) is 7.09. The molecule has 28 heavy (non-hydrogen) atoms. The van der Waals surface area contributed by atoms with Gasteiger partial charge in [-0.3, -0.25) is 9.78 Å². The van der Waals surface area contributed by atoms with Crippen molar-refractivity contribution in [1.82, 2.24) is 19.9 Å². The van der Waals surface area contributed by atoms with Gasteiger partial charge in [0.15, 0.2) is 5.82 Å². The highest BCUT2D eigenvalue weighted by Gasteiger charge is 2.28. The van der Waals surface area contributed by atoms with Crippen LogP contribution >= 0.6 is 0 Å². The Morgan fingerprint density at radius 2 is 1.93 bits per heavy atom. The topological polar surface area (TPSA) is 71.5 Å². The van der Waals surface area contributed by atoms with Gasteiger partial charge in [-0.25, -0.2) is 9.97 Å². The van der Waals surface area contributed by atoms with Crippen molar-refractivity contribution in [1.29, 1.82) is 0 Å². The van der Waals surface area contributed by atoms with E-state index in [1.165, 1.54) is 0 Å². The highest BCUT2D eigenvalue weighted by atomic mass is 16.5. The molecule has 4 rings (SSSR count). The zero-order valence-corrected chi connectivity index (χ0v) is 16.1. The van der Waals surface area contributed by atoms with E-state index in [0.717, 1.165) is 23.6 Å². The Hall–Kier alpha value is -3.22. The predicted molar refractivity (Wildman–Crippen MR) is 108 cm³/mol. The standard InChI is InChI=1S/C21H23N5O2/c1-25(2)19-20(24-12-11-23-19)28-16-7-5-13-26(14-16)21(27)18-17-8-4-3-6-15(17)9-10-22-18/h3-4,6,8-12,16H,5,7,13-14H2,1-2H3. The van der Waals surface area contributed by atoms with Crippen molar-refractivity contribution >= 4 is 22.5 Å². The molecule has 144 valence electrons. The van der Waals surface area contributed by atoms with Crippen molar-refractivity contribution in [2.75, 3.05) is 32.1 Å². The summed E-state index contributed by atoms with van der Waals surface area (Å²) < 4.78 is 6.12. The maximum Gasteiger partial charge on any atom is 0.273 e. The smallest absolute Gasteiger partial charge is 0.273 e. The van der Waals surface area contributed by atoms with E-state index in [9.17, 15) is 4.79 Å². The normalized spacial score (nSPS) is 16.8. The maximum atomic E-state index is 13.2. The van der Waals surface area contributed by atoms with Crippen LogP contribution in [0.15, 0.2) is 48.9 Å². The molecule has 1 fully saturated rings. The van der Waals surface area contributed by atoms with Crippen LogP contribution < -0.4 is 9.64 Å². The average Bonchev–Trinajstić information content (AvgIpc) is 2.73. The summed E-state index contributed by atoms with van der Waals surface area (Å²) in [5, 5.41) is 1.89. The number of hydrogen-bond donors (Lipinski definition) is 0. The molecular formula is C21H23N5O2. The van der Waals surface area contributed by atoms with Crippen LogP contribution in [0.2, 0.25) is 0 Å². The Labute approximate surface area is 164 Å². The first-order valence-electron chi connectivity index (χ1n) is 9.41. The highest BCUT2D eigenvalue weighted by Crippen LogP contribution is 2.25. The van der Waals surface area contributed by atoms with E-state index < -0.39 is 0 Å². The molecule has 2 aromatic heterocycles. The first-order chi connectivity index (χ1) is 13.6. The van der Waals surface area contributed by atoms with Gasteiger partial charge >= 0.3 is 0 Å². The summed E-state index contributed by atoms with van der Waals surface area (Å²) in [6.45, 7) is 1.21. The molecule has 0 N–H and O–H groups in total. The molecule has 7 nitrogen and oxygen atoms in total. The van der Waals surface area contributed by atoms with Gasteiger partial charge in [-0.15, -0.1) is 0 Å². The molecule has 3 aromatic rings. The number of hydrogen-bond acceptors (Lipinski definition) is 6. The minimum atomic E-state index is -0.122. The number of aromatic nitrogens is 3. The zero-order valence-electron chi connectivity index (χ0n) is 16.1. The number of fused-ring (bicyclic) bond motifs is 1. The number of nitrogens with zero attached hydrogens (tertiary/aromatic N) is 5. The van der Waals surface area contributed by atoms with E-state index in [4.69, 9.17) is 4.74 Å². The summed E-state index contributed by atoms with van der Waals surface area (Å²) in [6.07, 6.45) is 6.58. The fraction of sp³-hybridized carbons (Fsp3) is 0.333. The molecule has 1 aromatic carbocycles. The number of carbonyl (C=O) groups is 1. The summed E-state index contributed by atoms with van der Waals surface area (Å²) in [7, 11) is 3.81. The molecule has 1 aliphatic heterocycles. The number of amides is 1. The molecule has 1 unspecified atom stereocenters. The van der Waals surface area contributed by atoms with Crippen LogP contribution in [0.1, 0.15) is 23.3 Å². The Kier molecular flexibility index (Phi) is 5.06. The van der Waals surface area contributed by atoms with Crippen molar-refractivity contribution in [3.8, 4) is 5.88 Å². The van der Waals surface area contributed by atoms with E-state index in [-0.39, 0.29) is 12.0 Å². The van der Waals surface area contributed by atoms with Crippen LogP contribution in [0.25, 0.3) is 10.8 Å². The summed E-state index contributed by atoms with van der Waals surface area (Å²) >= 11 is 0. The monoisotopic (exact) mass is 377 g/mol. The number of carbonyl (C=O) groups excluding carboxylic acids is 1. The second-order valence-electron chi connectivity index (χ2n) is 7.09. The maximum absolute atomic E-state index is 13.2. The quantitative estimate of drug-likeness (QED) is 0.696. The largest absolute Gasteiger partial charge is 0.470 e. The van der Waals surface area contributed by atoms with Gasteiger partial charge in [-0.05, 0) is 24.3 Å². The third kappa shape index (κ3) is 3.60. The molecule has 1 amide bonds. The first kappa shape index (κ1) is 18.2. The van der Waals surface area contributed by atoms with E-state index >= 15 is 0 Å². The summed E-state index contributed by atoms with van der Waals surface area (Å²) in [5.41, 5.74) is 0.493. The van der Waals surface area contributed by atoms with Crippen molar-refractivity contribution in [2.24, 2.45) is 0 Å². The fourth-order valence-electron chi connectivity index (χ4n) is 3.52. The molecule has 0 bridgehead atoms. The van der Waals surface area contributed by atoms with Crippen LogP contribution in [0.4, 0.5) is 5.82 Å². The van der Waals surface area contributed by atoms with E-state index in [1.807, 2.05) is 54.2 Å². The van der Waals surface area contributed by atoms with Gasteiger partial charge in [0.25, 0.3) is 11.8 Å². The lowest BCUT2D eigenvalue weighted by Gasteiger charge is -2.33. The Balaban J connectivity index is 1.53. The molecule has 1 atom stereocenters. The average molecular weight is 377 g/mol. The third-order valence-corrected chi connectivity index (χ3v) is 4.89. The lowest BCUT2D eigenvalue weighted by molar-refractivity contribution is 0.0525.